The number of carbonyl (C=O) groups excluding carboxylic acids is 2. The van der Waals surface area contributed by atoms with E-state index in [2.05, 4.69) is 0 Å². The van der Waals surface area contributed by atoms with Crippen LogP contribution in [0.4, 0.5) is 0 Å². The lowest BCUT2D eigenvalue weighted by molar-refractivity contribution is -0.147. The molecule has 96 valence electrons. The van der Waals surface area contributed by atoms with Crippen molar-refractivity contribution in [2.24, 2.45) is 0 Å². The molecule has 3 heteroatoms. The highest BCUT2D eigenvalue weighted by Gasteiger charge is 2.15. The fourth-order valence-electron chi connectivity index (χ4n) is 1.99. The van der Waals surface area contributed by atoms with E-state index in [4.69, 9.17) is 4.74 Å². The molecule has 3 nitrogen and oxygen atoms in total. The molecule has 0 aromatic carbocycles. The van der Waals surface area contributed by atoms with Crippen molar-refractivity contribution in [3.63, 3.8) is 0 Å². The van der Waals surface area contributed by atoms with E-state index >= 15 is 0 Å². The van der Waals surface area contributed by atoms with E-state index in [-0.39, 0.29) is 17.9 Å². The molecule has 0 saturated heterocycles. The van der Waals surface area contributed by atoms with Gasteiger partial charge in [-0.15, -0.1) is 0 Å². The van der Waals surface area contributed by atoms with Crippen LogP contribution in [-0.2, 0) is 14.3 Å². The lowest BCUT2D eigenvalue weighted by atomic mass is 10.0. The Kier molecular flexibility index (Phi) is 5.95. The summed E-state index contributed by atoms with van der Waals surface area (Å²) in [4.78, 5) is 23.1. The minimum absolute atomic E-state index is 0.114. The van der Waals surface area contributed by atoms with Gasteiger partial charge in [0.15, 0.2) is 0 Å². The van der Waals surface area contributed by atoms with Crippen molar-refractivity contribution in [2.45, 2.75) is 64.9 Å². The third kappa shape index (κ3) is 5.16. The zero-order valence-electron chi connectivity index (χ0n) is 10.8. The molecule has 1 heterocycles. The summed E-state index contributed by atoms with van der Waals surface area (Å²) >= 11 is 0. The van der Waals surface area contributed by atoms with Crippen LogP contribution in [0.5, 0.6) is 0 Å². The van der Waals surface area contributed by atoms with Crippen LogP contribution in [0, 0.1) is 0 Å². The highest BCUT2D eigenvalue weighted by Crippen LogP contribution is 2.15. The predicted octanol–water partition coefficient (Wildman–Crippen LogP) is 3.18. The molecular weight excluding hydrogens is 216 g/mol. The van der Waals surface area contributed by atoms with Crippen molar-refractivity contribution >= 4 is 11.8 Å². The van der Waals surface area contributed by atoms with Crippen LogP contribution in [-0.4, -0.2) is 17.9 Å². The summed E-state index contributed by atoms with van der Waals surface area (Å²) in [7, 11) is 0. The molecule has 0 aromatic rings. The molecular formula is C14H22O3. The first-order valence-electron chi connectivity index (χ1n) is 6.51. The van der Waals surface area contributed by atoms with Gasteiger partial charge in [-0.1, -0.05) is 19.4 Å². The van der Waals surface area contributed by atoms with Gasteiger partial charge in [0.05, 0.1) is 0 Å². The van der Waals surface area contributed by atoms with Crippen LogP contribution in [0.25, 0.3) is 0 Å². The Bertz CT molecular complexity index is 305. The zero-order chi connectivity index (χ0) is 12.7. The minimum atomic E-state index is -0.158. The highest BCUT2D eigenvalue weighted by molar-refractivity contribution is 5.80. The summed E-state index contributed by atoms with van der Waals surface area (Å²) < 4.78 is 5.40. The summed E-state index contributed by atoms with van der Waals surface area (Å²) in [6.07, 6.45) is 6.73. The average molecular weight is 238 g/mol. The molecule has 0 aromatic heterocycles. The van der Waals surface area contributed by atoms with Crippen LogP contribution in [0.3, 0.4) is 0 Å². The molecule has 0 fully saturated rings. The smallest absolute Gasteiger partial charge is 0.306 e. The monoisotopic (exact) mass is 238 g/mol. The van der Waals surface area contributed by atoms with Gasteiger partial charge in [-0.2, -0.15) is 0 Å². The fraction of sp³-hybridized carbons (Fsp3) is 0.714. The van der Waals surface area contributed by atoms with Crippen molar-refractivity contribution in [1.82, 2.24) is 0 Å². The van der Waals surface area contributed by atoms with Crippen LogP contribution < -0.4 is 0 Å². The molecule has 0 N–H and O–H groups in total. The van der Waals surface area contributed by atoms with Gasteiger partial charge in [0.2, 0.25) is 0 Å². The van der Waals surface area contributed by atoms with Crippen LogP contribution in [0.15, 0.2) is 11.6 Å². The molecule has 0 aliphatic carbocycles. The summed E-state index contributed by atoms with van der Waals surface area (Å²) in [6.45, 7) is 3.92. The Labute approximate surface area is 103 Å². The summed E-state index contributed by atoms with van der Waals surface area (Å²) in [5.41, 5.74) is 0.995. The number of carbonyl (C=O) groups is 2. The highest BCUT2D eigenvalue weighted by atomic mass is 16.5. The number of rotatable bonds is 1. The van der Waals surface area contributed by atoms with Crippen molar-refractivity contribution < 1.29 is 14.3 Å². The first kappa shape index (κ1) is 13.9. The maximum atomic E-state index is 11.6. The van der Waals surface area contributed by atoms with Gasteiger partial charge in [-0.05, 0) is 31.8 Å². The van der Waals surface area contributed by atoms with E-state index in [0.717, 1.165) is 31.3 Å². The van der Waals surface area contributed by atoms with Crippen molar-refractivity contribution in [2.75, 3.05) is 0 Å². The van der Waals surface area contributed by atoms with E-state index in [1.807, 2.05) is 19.9 Å². The molecule has 17 heavy (non-hydrogen) atoms. The SMILES string of the molecule is CCC1OC(=O)CCCCCC(=O)CC=C1C. The second-order valence-corrected chi connectivity index (χ2v) is 4.64. The standard InChI is InChI=1S/C14H22O3/c1-3-13-11(2)9-10-12(15)7-5-4-6-8-14(16)17-13/h9,13H,3-8,10H2,1-2H3. The number of hydrogen-bond acceptors (Lipinski definition) is 3. The Morgan fingerprint density at radius 2 is 1.94 bits per heavy atom. The largest absolute Gasteiger partial charge is 0.458 e. The quantitative estimate of drug-likeness (QED) is 0.520. The van der Waals surface area contributed by atoms with Crippen LogP contribution in [0.2, 0.25) is 0 Å². The minimum Gasteiger partial charge on any atom is -0.458 e. The van der Waals surface area contributed by atoms with Gasteiger partial charge in [-0.3, -0.25) is 9.59 Å². The summed E-state index contributed by atoms with van der Waals surface area (Å²) in [6, 6.07) is 0. The third-order valence-corrected chi connectivity index (χ3v) is 3.14. The third-order valence-electron chi connectivity index (χ3n) is 3.14. The van der Waals surface area contributed by atoms with Crippen molar-refractivity contribution in [1.29, 1.82) is 0 Å². The first-order chi connectivity index (χ1) is 8.13. The molecule has 0 saturated carbocycles. The number of ketones is 1. The number of allylic oxidation sites excluding steroid dienone is 1. The van der Waals surface area contributed by atoms with Gasteiger partial charge in [0.1, 0.15) is 11.9 Å². The van der Waals surface area contributed by atoms with Gasteiger partial charge < -0.3 is 4.74 Å². The second-order valence-electron chi connectivity index (χ2n) is 4.64. The van der Waals surface area contributed by atoms with Crippen molar-refractivity contribution in [3.05, 3.63) is 11.6 Å². The maximum absolute atomic E-state index is 11.6. The number of esters is 1. The zero-order valence-corrected chi connectivity index (χ0v) is 10.8. The van der Waals surface area contributed by atoms with E-state index in [1.165, 1.54) is 0 Å². The molecule has 0 radical (unpaired) electrons. The Balaban J connectivity index is 2.70. The van der Waals surface area contributed by atoms with E-state index in [1.54, 1.807) is 0 Å². The predicted molar refractivity (Wildman–Crippen MR) is 66.6 cm³/mol. The number of cyclic esters (lactones) is 1. The van der Waals surface area contributed by atoms with Crippen LogP contribution in [0.1, 0.15) is 58.8 Å². The van der Waals surface area contributed by atoms with Crippen molar-refractivity contribution in [3.8, 4) is 0 Å². The molecule has 1 unspecified atom stereocenters. The Morgan fingerprint density at radius 3 is 2.65 bits per heavy atom. The van der Waals surface area contributed by atoms with Crippen LogP contribution >= 0.6 is 0 Å². The summed E-state index contributed by atoms with van der Waals surface area (Å²) in [5.74, 6) is 0.169. The molecule has 0 bridgehead atoms. The number of ether oxygens (including phenoxy) is 1. The molecule has 1 atom stereocenters. The normalized spacial score (nSPS) is 24.4. The lowest BCUT2D eigenvalue weighted by Crippen LogP contribution is -2.19. The second kappa shape index (κ2) is 7.25. The molecule has 1 aliphatic heterocycles. The number of Topliss-reactive ketones (excluding diaryl/α,β-unsaturated/α-hetero) is 1. The summed E-state index contributed by atoms with van der Waals surface area (Å²) in [5, 5.41) is 0. The Hall–Kier alpha value is -1.12. The van der Waals surface area contributed by atoms with Gasteiger partial charge in [-0.25, -0.2) is 0 Å². The topological polar surface area (TPSA) is 43.4 Å². The molecule has 1 rings (SSSR count). The van der Waals surface area contributed by atoms with Gasteiger partial charge >= 0.3 is 5.97 Å². The Morgan fingerprint density at radius 1 is 1.24 bits per heavy atom. The fourth-order valence-corrected chi connectivity index (χ4v) is 1.99. The van der Waals surface area contributed by atoms with E-state index in [9.17, 15) is 9.59 Å². The molecule has 0 amide bonds. The van der Waals surface area contributed by atoms with Gasteiger partial charge in [0.25, 0.3) is 0 Å². The molecule has 1 aliphatic rings. The van der Waals surface area contributed by atoms with E-state index in [0.29, 0.717) is 19.3 Å². The molecule has 0 spiro atoms. The average Bonchev–Trinajstić information content (AvgIpc) is 2.31. The van der Waals surface area contributed by atoms with E-state index < -0.39 is 0 Å². The van der Waals surface area contributed by atoms with Gasteiger partial charge in [0, 0.05) is 19.3 Å². The first-order valence-corrected chi connectivity index (χ1v) is 6.51. The lowest BCUT2D eigenvalue weighted by Gasteiger charge is -2.17. The number of hydrogen-bond donors (Lipinski definition) is 0. The maximum Gasteiger partial charge on any atom is 0.306 e.